The molecule has 0 radical (unpaired) electrons. The fraction of sp³-hybridized carbons (Fsp3) is 0.188. The maximum absolute atomic E-state index is 12.1. The molecule has 0 atom stereocenters. The van der Waals surface area contributed by atoms with Crippen molar-refractivity contribution in [1.82, 2.24) is 5.32 Å². The van der Waals surface area contributed by atoms with E-state index in [0.717, 1.165) is 31.7 Å². The highest BCUT2D eigenvalue weighted by Gasteiger charge is 2.09. The summed E-state index contributed by atoms with van der Waals surface area (Å²) in [6, 6.07) is 13.5. The van der Waals surface area contributed by atoms with Crippen LogP contribution in [0, 0.1) is 10.5 Å². The lowest BCUT2D eigenvalue weighted by Crippen LogP contribution is -2.26. The summed E-state index contributed by atoms with van der Waals surface area (Å²) in [6.07, 6.45) is 0.797. The van der Waals surface area contributed by atoms with Crippen LogP contribution in [0.4, 0.5) is 0 Å². The van der Waals surface area contributed by atoms with Crippen LogP contribution in [0.25, 0.3) is 0 Å². The van der Waals surface area contributed by atoms with Gasteiger partial charge < -0.3 is 5.32 Å². The molecule has 0 saturated heterocycles. The van der Waals surface area contributed by atoms with Crippen LogP contribution in [-0.2, 0) is 6.42 Å². The highest BCUT2D eigenvalue weighted by molar-refractivity contribution is 14.1. The van der Waals surface area contributed by atoms with Crippen LogP contribution in [-0.4, -0.2) is 12.5 Å². The Hall–Kier alpha value is -1.07. The molecule has 0 spiro atoms. The number of hydrogen-bond donors (Lipinski definition) is 1. The lowest BCUT2D eigenvalue weighted by molar-refractivity contribution is 0.0953. The molecule has 0 unspecified atom stereocenters. The molecule has 0 heterocycles. The van der Waals surface area contributed by atoms with Crippen molar-refractivity contribution in [2.24, 2.45) is 0 Å². The first kappa shape index (κ1) is 15.3. The molecule has 2 aromatic rings. The van der Waals surface area contributed by atoms with Crippen LogP contribution in [0.3, 0.4) is 0 Å². The Balaban J connectivity index is 1.90. The van der Waals surface area contributed by atoms with E-state index in [1.54, 1.807) is 0 Å². The van der Waals surface area contributed by atoms with Crippen molar-refractivity contribution in [1.29, 1.82) is 0 Å². The highest BCUT2D eigenvalue weighted by atomic mass is 127. The number of carbonyl (C=O) groups excluding carboxylic acids is 1. The molecule has 0 aliphatic rings. The third kappa shape index (κ3) is 4.21. The first-order chi connectivity index (χ1) is 9.56. The van der Waals surface area contributed by atoms with Crippen molar-refractivity contribution in [2.45, 2.75) is 13.3 Å². The van der Waals surface area contributed by atoms with E-state index in [1.165, 1.54) is 0 Å². The predicted octanol–water partition coefficient (Wildman–Crippen LogP) is 4.23. The zero-order valence-electron chi connectivity index (χ0n) is 11.1. The maximum atomic E-state index is 12.1. The predicted molar refractivity (Wildman–Crippen MR) is 91.4 cm³/mol. The number of benzene rings is 2. The average Bonchev–Trinajstić information content (AvgIpc) is 2.41. The van der Waals surface area contributed by atoms with Gasteiger partial charge in [-0.2, -0.15) is 0 Å². The second kappa shape index (κ2) is 7.09. The number of carbonyl (C=O) groups is 1. The molecule has 0 bridgehead atoms. The van der Waals surface area contributed by atoms with Crippen LogP contribution in [0.2, 0.25) is 5.02 Å². The number of halogens is 2. The van der Waals surface area contributed by atoms with Crippen LogP contribution in [0.1, 0.15) is 21.5 Å². The summed E-state index contributed by atoms with van der Waals surface area (Å²) in [6.45, 7) is 2.63. The van der Waals surface area contributed by atoms with E-state index in [9.17, 15) is 4.79 Å². The number of hydrogen-bond acceptors (Lipinski definition) is 1. The lowest BCUT2D eigenvalue weighted by atomic mass is 10.1. The largest absolute Gasteiger partial charge is 0.352 e. The number of rotatable bonds is 4. The molecule has 0 fully saturated rings. The Morgan fingerprint density at radius 2 is 1.90 bits per heavy atom. The first-order valence-corrected chi connectivity index (χ1v) is 7.81. The SMILES string of the molecule is Cc1ccc(C(=O)NCCc2ccc(Cl)cc2)c(I)c1. The molecule has 1 N–H and O–H groups in total. The van der Waals surface area contributed by atoms with E-state index >= 15 is 0 Å². The van der Waals surface area contributed by atoms with Gasteiger partial charge >= 0.3 is 0 Å². The Kier molecular flexibility index (Phi) is 5.43. The molecule has 104 valence electrons. The minimum Gasteiger partial charge on any atom is -0.352 e. The molecular weight excluding hydrogens is 385 g/mol. The standard InChI is InChI=1S/C16H15ClINO/c1-11-2-7-14(15(18)10-11)16(20)19-9-8-12-3-5-13(17)6-4-12/h2-7,10H,8-9H2,1H3,(H,19,20). The Labute approximate surface area is 137 Å². The maximum Gasteiger partial charge on any atom is 0.252 e. The molecule has 0 saturated carbocycles. The van der Waals surface area contributed by atoms with Crippen molar-refractivity contribution < 1.29 is 4.79 Å². The monoisotopic (exact) mass is 399 g/mol. The van der Waals surface area contributed by atoms with Gasteiger partial charge in [-0.25, -0.2) is 0 Å². The van der Waals surface area contributed by atoms with Crippen LogP contribution >= 0.6 is 34.2 Å². The lowest BCUT2D eigenvalue weighted by Gasteiger charge is -2.08. The third-order valence-corrected chi connectivity index (χ3v) is 4.13. The van der Waals surface area contributed by atoms with E-state index in [4.69, 9.17) is 11.6 Å². The number of aryl methyl sites for hydroxylation is 1. The average molecular weight is 400 g/mol. The van der Waals surface area contributed by atoms with Gasteiger partial charge in [0.25, 0.3) is 5.91 Å². The van der Waals surface area contributed by atoms with Gasteiger partial charge in [0.1, 0.15) is 0 Å². The second-order valence-corrected chi connectivity index (χ2v) is 6.21. The minimum atomic E-state index is -0.0247. The van der Waals surface area contributed by atoms with Crippen LogP contribution < -0.4 is 5.32 Å². The van der Waals surface area contributed by atoms with Crippen LogP contribution in [0.15, 0.2) is 42.5 Å². The van der Waals surface area contributed by atoms with Crippen molar-refractivity contribution in [3.63, 3.8) is 0 Å². The molecule has 20 heavy (non-hydrogen) atoms. The fourth-order valence-corrected chi connectivity index (χ4v) is 2.91. The van der Waals surface area contributed by atoms with Gasteiger partial charge in [0, 0.05) is 15.1 Å². The summed E-state index contributed by atoms with van der Waals surface area (Å²) in [5.74, 6) is -0.0247. The molecule has 2 aromatic carbocycles. The van der Waals surface area contributed by atoms with Crippen molar-refractivity contribution >= 4 is 40.1 Å². The van der Waals surface area contributed by atoms with Gasteiger partial charge in [-0.1, -0.05) is 35.4 Å². The van der Waals surface area contributed by atoms with Gasteiger partial charge in [-0.15, -0.1) is 0 Å². The zero-order valence-corrected chi connectivity index (χ0v) is 14.0. The molecular formula is C16H15ClINO. The topological polar surface area (TPSA) is 29.1 Å². The zero-order chi connectivity index (χ0) is 14.5. The van der Waals surface area contributed by atoms with Gasteiger partial charge in [0.2, 0.25) is 0 Å². The summed E-state index contributed by atoms with van der Waals surface area (Å²) < 4.78 is 0.978. The van der Waals surface area contributed by atoms with Crippen LogP contribution in [0.5, 0.6) is 0 Å². The van der Waals surface area contributed by atoms with Gasteiger partial charge in [-0.05, 0) is 65.8 Å². The number of amides is 1. The second-order valence-electron chi connectivity index (χ2n) is 4.62. The van der Waals surface area contributed by atoms with Gasteiger partial charge in [-0.3, -0.25) is 4.79 Å². The molecule has 4 heteroatoms. The van der Waals surface area contributed by atoms with E-state index in [0.29, 0.717) is 6.54 Å². The Morgan fingerprint density at radius 3 is 2.55 bits per heavy atom. The molecule has 2 rings (SSSR count). The van der Waals surface area contributed by atoms with Crippen molar-refractivity contribution in [2.75, 3.05) is 6.54 Å². The quantitative estimate of drug-likeness (QED) is 0.766. The van der Waals surface area contributed by atoms with E-state index in [1.807, 2.05) is 49.4 Å². The minimum absolute atomic E-state index is 0.0247. The first-order valence-electron chi connectivity index (χ1n) is 6.35. The Bertz CT molecular complexity index is 610. The summed E-state index contributed by atoms with van der Waals surface area (Å²) in [4.78, 5) is 12.1. The Morgan fingerprint density at radius 1 is 1.20 bits per heavy atom. The van der Waals surface area contributed by atoms with Crippen molar-refractivity contribution in [3.8, 4) is 0 Å². The van der Waals surface area contributed by atoms with E-state index < -0.39 is 0 Å². The molecule has 0 aliphatic carbocycles. The molecule has 1 amide bonds. The highest BCUT2D eigenvalue weighted by Crippen LogP contribution is 2.14. The van der Waals surface area contributed by atoms with E-state index in [-0.39, 0.29) is 5.91 Å². The van der Waals surface area contributed by atoms with Crippen molar-refractivity contribution in [3.05, 3.63) is 67.7 Å². The van der Waals surface area contributed by atoms with Gasteiger partial charge in [0.05, 0.1) is 5.56 Å². The summed E-state index contributed by atoms with van der Waals surface area (Å²) in [7, 11) is 0. The summed E-state index contributed by atoms with van der Waals surface area (Å²) in [5, 5.41) is 3.67. The molecule has 0 aliphatic heterocycles. The molecule has 2 nitrogen and oxygen atoms in total. The van der Waals surface area contributed by atoms with Gasteiger partial charge in [0.15, 0.2) is 0 Å². The summed E-state index contributed by atoms with van der Waals surface area (Å²) >= 11 is 8.03. The third-order valence-electron chi connectivity index (χ3n) is 2.98. The molecule has 0 aromatic heterocycles. The normalized spacial score (nSPS) is 10.3. The summed E-state index contributed by atoms with van der Waals surface area (Å²) in [5.41, 5.74) is 3.05. The smallest absolute Gasteiger partial charge is 0.252 e. The number of nitrogens with one attached hydrogen (secondary N) is 1. The van der Waals surface area contributed by atoms with E-state index in [2.05, 4.69) is 27.9 Å². The fourth-order valence-electron chi connectivity index (χ4n) is 1.87.